The Balaban J connectivity index is 2.38. The highest BCUT2D eigenvalue weighted by atomic mass is 35.5. The molecule has 120 valence electrons. The fourth-order valence-electron chi connectivity index (χ4n) is 2.90. The zero-order valence-corrected chi connectivity index (χ0v) is 14.6. The summed E-state index contributed by atoms with van der Waals surface area (Å²) < 4.78 is 0. The van der Waals surface area contributed by atoms with Crippen LogP contribution in [0.1, 0.15) is 57.6 Å². The molecule has 1 aromatic carbocycles. The minimum Gasteiger partial charge on any atom is -0.330 e. The van der Waals surface area contributed by atoms with Gasteiger partial charge < -0.3 is 5.73 Å². The summed E-state index contributed by atoms with van der Waals surface area (Å²) in [6.45, 7) is 6.47. The first-order chi connectivity index (χ1) is 10.1. The van der Waals surface area contributed by atoms with Gasteiger partial charge in [0, 0.05) is 11.1 Å². The van der Waals surface area contributed by atoms with E-state index in [0.29, 0.717) is 6.04 Å². The van der Waals surface area contributed by atoms with Gasteiger partial charge in [0.1, 0.15) is 0 Å². The summed E-state index contributed by atoms with van der Waals surface area (Å²) in [7, 11) is 2.21. The van der Waals surface area contributed by atoms with Gasteiger partial charge in [0.15, 0.2) is 0 Å². The van der Waals surface area contributed by atoms with Crippen LogP contribution < -0.4 is 5.73 Å². The molecule has 0 saturated carbocycles. The first-order valence-electron chi connectivity index (χ1n) is 8.24. The highest BCUT2D eigenvalue weighted by molar-refractivity contribution is 6.30. The van der Waals surface area contributed by atoms with Crippen LogP contribution in [0, 0.1) is 5.92 Å². The van der Waals surface area contributed by atoms with E-state index in [9.17, 15) is 0 Å². The van der Waals surface area contributed by atoms with Gasteiger partial charge in [0.05, 0.1) is 0 Å². The van der Waals surface area contributed by atoms with Gasteiger partial charge in [-0.15, -0.1) is 0 Å². The maximum Gasteiger partial charge on any atom is 0.0406 e. The Bertz CT molecular complexity index is 371. The SMILES string of the molecule is CCCC(CCN)CCCN(C)C(C)c1ccc(Cl)cc1. The summed E-state index contributed by atoms with van der Waals surface area (Å²) >= 11 is 5.95. The van der Waals surface area contributed by atoms with Gasteiger partial charge in [-0.25, -0.2) is 0 Å². The normalized spacial score (nSPS) is 14.4. The molecular weight excluding hydrogens is 280 g/mol. The first kappa shape index (κ1) is 18.5. The standard InChI is InChI=1S/C18H31ClN2/c1-4-6-16(12-13-20)7-5-14-21(3)15(2)17-8-10-18(19)11-9-17/h8-11,15-16H,4-7,12-14,20H2,1-3H3. The molecule has 0 aliphatic carbocycles. The van der Waals surface area contributed by atoms with E-state index in [2.05, 4.69) is 37.9 Å². The molecule has 0 aliphatic heterocycles. The Morgan fingerprint density at radius 3 is 2.38 bits per heavy atom. The van der Waals surface area contributed by atoms with Crippen LogP contribution in [0.4, 0.5) is 0 Å². The largest absolute Gasteiger partial charge is 0.330 e. The molecule has 2 unspecified atom stereocenters. The summed E-state index contributed by atoms with van der Waals surface area (Å²) in [4.78, 5) is 2.43. The van der Waals surface area contributed by atoms with Crippen molar-refractivity contribution in [2.45, 2.75) is 52.0 Å². The van der Waals surface area contributed by atoms with Gasteiger partial charge in [0.25, 0.3) is 0 Å². The van der Waals surface area contributed by atoms with Crippen molar-refractivity contribution >= 4 is 11.6 Å². The quantitative estimate of drug-likeness (QED) is 0.667. The molecule has 0 amide bonds. The Morgan fingerprint density at radius 2 is 1.81 bits per heavy atom. The molecule has 0 aromatic heterocycles. The highest BCUT2D eigenvalue weighted by Crippen LogP contribution is 2.22. The summed E-state index contributed by atoms with van der Waals surface area (Å²) in [5, 5.41) is 0.804. The van der Waals surface area contributed by atoms with Crippen molar-refractivity contribution in [1.29, 1.82) is 0 Å². The monoisotopic (exact) mass is 310 g/mol. The van der Waals surface area contributed by atoms with Crippen molar-refractivity contribution in [3.8, 4) is 0 Å². The van der Waals surface area contributed by atoms with Gasteiger partial charge in [-0.2, -0.15) is 0 Å². The number of nitrogens with two attached hydrogens (primary N) is 1. The van der Waals surface area contributed by atoms with Gasteiger partial charge in [-0.05, 0) is 69.9 Å². The lowest BCUT2D eigenvalue weighted by Gasteiger charge is -2.26. The second-order valence-electron chi connectivity index (χ2n) is 6.08. The van der Waals surface area contributed by atoms with Crippen LogP contribution in [0.2, 0.25) is 5.02 Å². The fraction of sp³-hybridized carbons (Fsp3) is 0.667. The van der Waals surface area contributed by atoms with Crippen molar-refractivity contribution in [3.63, 3.8) is 0 Å². The molecule has 2 atom stereocenters. The molecular formula is C18H31ClN2. The molecule has 0 saturated heterocycles. The zero-order chi connectivity index (χ0) is 15.7. The molecule has 3 heteroatoms. The third-order valence-corrected chi connectivity index (χ3v) is 4.66. The van der Waals surface area contributed by atoms with Gasteiger partial charge in [-0.3, -0.25) is 4.90 Å². The van der Waals surface area contributed by atoms with Gasteiger partial charge in [0.2, 0.25) is 0 Å². The van der Waals surface area contributed by atoms with Crippen LogP contribution in [0.3, 0.4) is 0 Å². The molecule has 2 N–H and O–H groups in total. The Labute approximate surface area is 135 Å². The van der Waals surface area contributed by atoms with Crippen molar-refractivity contribution in [2.75, 3.05) is 20.1 Å². The number of nitrogens with zero attached hydrogens (tertiary/aromatic N) is 1. The van der Waals surface area contributed by atoms with E-state index >= 15 is 0 Å². The van der Waals surface area contributed by atoms with Crippen molar-refractivity contribution in [1.82, 2.24) is 4.90 Å². The number of rotatable bonds is 10. The lowest BCUT2D eigenvalue weighted by atomic mass is 9.94. The van der Waals surface area contributed by atoms with E-state index in [-0.39, 0.29) is 0 Å². The van der Waals surface area contributed by atoms with Crippen molar-refractivity contribution in [2.24, 2.45) is 11.7 Å². The second kappa shape index (κ2) is 10.2. The van der Waals surface area contributed by atoms with Crippen molar-refractivity contribution in [3.05, 3.63) is 34.9 Å². The third-order valence-electron chi connectivity index (χ3n) is 4.41. The molecule has 0 heterocycles. The van der Waals surface area contributed by atoms with Gasteiger partial charge >= 0.3 is 0 Å². The summed E-state index contributed by atoms with van der Waals surface area (Å²) in [6, 6.07) is 8.62. The molecule has 0 radical (unpaired) electrons. The van der Waals surface area contributed by atoms with Crippen LogP contribution >= 0.6 is 11.6 Å². The Morgan fingerprint density at radius 1 is 1.14 bits per heavy atom. The molecule has 0 aliphatic rings. The molecule has 0 bridgehead atoms. The lowest BCUT2D eigenvalue weighted by Crippen LogP contribution is -2.24. The van der Waals surface area contributed by atoms with E-state index < -0.39 is 0 Å². The van der Waals surface area contributed by atoms with E-state index in [0.717, 1.165) is 24.0 Å². The molecule has 21 heavy (non-hydrogen) atoms. The van der Waals surface area contributed by atoms with Crippen LogP contribution in [-0.2, 0) is 0 Å². The molecule has 1 rings (SSSR count). The molecule has 1 aromatic rings. The van der Waals surface area contributed by atoms with E-state index in [1.807, 2.05) is 12.1 Å². The average Bonchev–Trinajstić information content (AvgIpc) is 2.47. The Hall–Kier alpha value is -0.570. The van der Waals surface area contributed by atoms with Gasteiger partial charge in [-0.1, -0.05) is 43.5 Å². The topological polar surface area (TPSA) is 29.3 Å². The maximum atomic E-state index is 5.95. The summed E-state index contributed by atoms with van der Waals surface area (Å²) in [6.07, 6.45) is 6.29. The molecule has 0 fully saturated rings. The summed E-state index contributed by atoms with van der Waals surface area (Å²) in [5.74, 6) is 0.805. The smallest absolute Gasteiger partial charge is 0.0406 e. The van der Waals surface area contributed by atoms with E-state index in [4.69, 9.17) is 17.3 Å². The van der Waals surface area contributed by atoms with Crippen LogP contribution in [-0.4, -0.2) is 25.0 Å². The summed E-state index contributed by atoms with van der Waals surface area (Å²) in [5.41, 5.74) is 7.03. The fourth-order valence-corrected chi connectivity index (χ4v) is 3.02. The van der Waals surface area contributed by atoms with E-state index in [1.165, 1.54) is 37.7 Å². The van der Waals surface area contributed by atoms with Crippen LogP contribution in [0.25, 0.3) is 0 Å². The molecule has 2 nitrogen and oxygen atoms in total. The number of hydrogen-bond acceptors (Lipinski definition) is 2. The third kappa shape index (κ3) is 6.82. The number of hydrogen-bond donors (Lipinski definition) is 1. The minimum absolute atomic E-state index is 0.432. The van der Waals surface area contributed by atoms with Crippen LogP contribution in [0.5, 0.6) is 0 Å². The Kier molecular flexibility index (Phi) is 8.98. The zero-order valence-electron chi connectivity index (χ0n) is 13.8. The molecule has 0 spiro atoms. The minimum atomic E-state index is 0.432. The maximum absolute atomic E-state index is 5.95. The number of benzene rings is 1. The predicted molar refractivity (Wildman–Crippen MR) is 93.8 cm³/mol. The number of halogens is 1. The predicted octanol–water partition coefficient (Wildman–Crippen LogP) is 4.88. The first-order valence-corrected chi connectivity index (χ1v) is 8.62. The lowest BCUT2D eigenvalue weighted by molar-refractivity contribution is 0.246. The average molecular weight is 311 g/mol. The van der Waals surface area contributed by atoms with Crippen molar-refractivity contribution < 1.29 is 0 Å². The van der Waals surface area contributed by atoms with Crippen LogP contribution in [0.15, 0.2) is 24.3 Å². The highest BCUT2D eigenvalue weighted by Gasteiger charge is 2.12. The van der Waals surface area contributed by atoms with E-state index in [1.54, 1.807) is 0 Å². The second-order valence-corrected chi connectivity index (χ2v) is 6.52.